The van der Waals surface area contributed by atoms with Crippen LogP contribution in [-0.2, 0) is 7.05 Å². The number of benzene rings is 1. The van der Waals surface area contributed by atoms with Crippen molar-refractivity contribution >= 4 is 5.69 Å². The lowest BCUT2D eigenvalue weighted by atomic mass is 10.1. The van der Waals surface area contributed by atoms with Crippen LogP contribution in [0.15, 0.2) is 41.2 Å². The average Bonchev–Trinajstić information content (AvgIpc) is 3.05. The van der Waals surface area contributed by atoms with Crippen LogP contribution >= 0.6 is 0 Å². The van der Waals surface area contributed by atoms with Crippen molar-refractivity contribution < 1.29 is 0 Å². The molecule has 0 unspecified atom stereocenters. The molecule has 0 aliphatic carbocycles. The second-order valence-corrected chi connectivity index (χ2v) is 5.33. The van der Waals surface area contributed by atoms with Crippen LogP contribution in [0.4, 0.5) is 5.69 Å². The molecular formula is C17H17N3O. The minimum Gasteiger partial charge on any atom is -0.370 e. The van der Waals surface area contributed by atoms with Gasteiger partial charge in [-0.1, -0.05) is 30.3 Å². The first-order chi connectivity index (χ1) is 10.2. The van der Waals surface area contributed by atoms with Crippen molar-refractivity contribution in [1.29, 1.82) is 5.26 Å². The van der Waals surface area contributed by atoms with E-state index in [-0.39, 0.29) is 11.1 Å². The van der Waals surface area contributed by atoms with Crippen LogP contribution in [0.3, 0.4) is 0 Å². The van der Waals surface area contributed by atoms with Crippen LogP contribution in [-0.4, -0.2) is 17.7 Å². The van der Waals surface area contributed by atoms with Crippen molar-refractivity contribution in [2.75, 3.05) is 18.0 Å². The highest BCUT2D eigenvalue weighted by atomic mass is 16.1. The maximum atomic E-state index is 12.5. The van der Waals surface area contributed by atoms with Gasteiger partial charge in [0.25, 0.3) is 5.56 Å². The van der Waals surface area contributed by atoms with Gasteiger partial charge in [-0.3, -0.25) is 4.79 Å². The Hall–Kier alpha value is -2.54. The van der Waals surface area contributed by atoms with E-state index in [2.05, 4.69) is 11.0 Å². The summed E-state index contributed by atoms with van der Waals surface area (Å²) in [5.41, 5.74) is 2.64. The Kier molecular flexibility index (Phi) is 3.49. The first-order valence-electron chi connectivity index (χ1n) is 7.17. The number of nitrogens with zero attached hydrogens (tertiary/aromatic N) is 3. The van der Waals surface area contributed by atoms with Gasteiger partial charge in [-0.15, -0.1) is 0 Å². The van der Waals surface area contributed by atoms with Crippen molar-refractivity contribution in [3.05, 3.63) is 52.3 Å². The van der Waals surface area contributed by atoms with Gasteiger partial charge < -0.3 is 9.47 Å². The van der Waals surface area contributed by atoms with Gasteiger partial charge >= 0.3 is 0 Å². The van der Waals surface area contributed by atoms with E-state index >= 15 is 0 Å². The Morgan fingerprint density at radius 1 is 1.14 bits per heavy atom. The lowest BCUT2D eigenvalue weighted by molar-refractivity contribution is 0.854. The first kappa shape index (κ1) is 13.4. The molecule has 4 heteroatoms. The van der Waals surface area contributed by atoms with E-state index in [9.17, 15) is 10.1 Å². The van der Waals surface area contributed by atoms with Crippen LogP contribution in [0, 0.1) is 11.3 Å². The Balaban J connectivity index is 2.23. The van der Waals surface area contributed by atoms with Crippen LogP contribution in [0.1, 0.15) is 18.4 Å². The fourth-order valence-corrected chi connectivity index (χ4v) is 2.88. The summed E-state index contributed by atoms with van der Waals surface area (Å²) in [6.45, 7) is 1.83. The Labute approximate surface area is 123 Å². The van der Waals surface area contributed by atoms with Gasteiger partial charge in [0.15, 0.2) is 0 Å². The number of aromatic nitrogens is 1. The fourth-order valence-electron chi connectivity index (χ4n) is 2.88. The standard InChI is InChI=1S/C17H17N3O/c1-19-15(13-7-3-2-4-8-13)11-16(14(12-18)17(19)21)20-9-5-6-10-20/h2-4,7-8,11H,5-6,9-10H2,1H3. The molecule has 0 spiro atoms. The zero-order valence-corrected chi connectivity index (χ0v) is 12.0. The molecule has 1 saturated heterocycles. The predicted octanol–water partition coefficient (Wildman–Crippen LogP) is 2.52. The molecule has 1 aliphatic heterocycles. The molecule has 0 atom stereocenters. The third-order valence-corrected chi connectivity index (χ3v) is 4.04. The van der Waals surface area contributed by atoms with Crippen molar-refractivity contribution in [3.8, 4) is 17.3 Å². The highest BCUT2D eigenvalue weighted by Gasteiger charge is 2.20. The third-order valence-electron chi connectivity index (χ3n) is 4.04. The van der Waals surface area contributed by atoms with Crippen LogP contribution in [0.2, 0.25) is 0 Å². The SMILES string of the molecule is Cn1c(-c2ccccc2)cc(N2CCCC2)c(C#N)c1=O. The lowest BCUT2D eigenvalue weighted by Gasteiger charge is -2.21. The largest absolute Gasteiger partial charge is 0.370 e. The minimum atomic E-state index is -0.222. The van der Waals surface area contributed by atoms with Crippen LogP contribution < -0.4 is 10.5 Å². The number of hydrogen-bond donors (Lipinski definition) is 0. The second kappa shape index (κ2) is 5.45. The van der Waals surface area contributed by atoms with Crippen molar-refractivity contribution in [2.45, 2.75) is 12.8 Å². The van der Waals surface area contributed by atoms with E-state index in [4.69, 9.17) is 0 Å². The zero-order chi connectivity index (χ0) is 14.8. The summed E-state index contributed by atoms with van der Waals surface area (Å²) in [7, 11) is 1.72. The summed E-state index contributed by atoms with van der Waals surface area (Å²) in [5, 5.41) is 9.36. The minimum absolute atomic E-state index is 0.222. The summed E-state index contributed by atoms with van der Waals surface area (Å²) in [5.74, 6) is 0. The maximum absolute atomic E-state index is 12.5. The molecule has 1 aliphatic rings. The van der Waals surface area contributed by atoms with Crippen LogP contribution in [0.5, 0.6) is 0 Å². The van der Waals surface area contributed by atoms with E-state index in [1.165, 1.54) is 0 Å². The molecule has 2 heterocycles. The lowest BCUT2D eigenvalue weighted by Crippen LogP contribution is -2.27. The van der Waals surface area contributed by atoms with E-state index in [0.29, 0.717) is 0 Å². The normalized spacial score (nSPS) is 14.2. The average molecular weight is 279 g/mol. The first-order valence-corrected chi connectivity index (χ1v) is 7.17. The molecule has 0 bridgehead atoms. The quantitative estimate of drug-likeness (QED) is 0.848. The molecule has 1 aromatic heterocycles. The molecule has 106 valence electrons. The van der Waals surface area contributed by atoms with E-state index < -0.39 is 0 Å². The molecule has 21 heavy (non-hydrogen) atoms. The summed E-state index contributed by atoms with van der Waals surface area (Å²) in [4.78, 5) is 14.6. The van der Waals surface area contributed by atoms with E-state index in [1.807, 2.05) is 36.4 Å². The van der Waals surface area contributed by atoms with Gasteiger partial charge in [-0.2, -0.15) is 5.26 Å². The molecule has 2 aromatic rings. The molecule has 3 rings (SSSR count). The van der Waals surface area contributed by atoms with Crippen molar-refractivity contribution in [3.63, 3.8) is 0 Å². The Morgan fingerprint density at radius 2 is 1.81 bits per heavy atom. The number of pyridine rings is 1. The smallest absolute Gasteiger partial charge is 0.270 e. The highest BCUT2D eigenvalue weighted by molar-refractivity contribution is 5.69. The molecule has 4 nitrogen and oxygen atoms in total. The van der Waals surface area contributed by atoms with Crippen molar-refractivity contribution in [1.82, 2.24) is 4.57 Å². The maximum Gasteiger partial charge on any atom is 0.270 e. The van der Waals surface area contributed by atoms with Crippen molar-refractivity contribution in [2.24, 2.45) is 7.05 Å². The summed E-state index contributed by atoms with van der Waals surface area (Å²) in [6, 6.07) is 13.9. The summed E-state index contributed by atoms with van der Waals surface area (Å²) >= 11 is 0. The Bertz CT molecular complexity index is 750. The number of nitriles is 1. The molecule has 0 N–H and O–H groups in total. The molecule has 0 radical (unpaired) electrons. The second-order valence-electron chi connectivity index (χ2n) is 5.33. The van der Waals surface area contributed by atoms with Gasteiger partial charge in [-0.25, -0.2) is 0 Å². The van der Waals surface area contributed by atoms with Crippen LogP contribution in [0.25, 0.3) is 11.3 Å². The number of anilines is 1. The molecule has 1 aromatic carbocycles. The number of hydrogen-bond acceptors (Lipinski definition) is 3. The zero-order valence-electron chi connectivity index (χ0n) is 12.0. The highest BCUT2D eigenvalue weighted by Crippen LogP contribution is 2.27. The summed E-state index contributed by atoms with van der Waals surface area (Å²) < 4.78 is 1.56. The predicted molar refractivity (Wildman–Crippen MR) is 83.3 cm³/mol. The van der Waals surface area contributed by atoms with Gasteiger partial charge in [0.2, 0.25) is 0 Å². The summed E-state index contributed by atoms with van der Waals surface area (Å²) in [6.07, 6.45) is 2.22. The van der Waals surface area contributed by atoms with Gasteiger partial charge in [-0.05, 0) is 24.5 Å². The van der Waals surface area contributed by atoms with Gasteiger partial charge in [0, 0.05) is 20.1 Å². The van der Waals surface area contributed by atoms with Gasteiger partial charge in [0.05, 0.1) is 11.4 Å². The third kappa shape index (κ3) is 2.31. The molecule has 0 amide bonds. The van der Waals surface area contributed by atoms with E-state index in [1.54, 1.807) is 11.6 Å². The Morgan fingerprint density at radius 3 is 2.43 bits per heavy atom. The molecule has 0 saturated carbocycles. The van der Waals surface area contributed by atoms with E-state index in [0.717, 1.165) is 42.9 Å². The fraction of sp³-hybridized carbons (Fsp3) is 0.294. The topological polar surface area (TPSA) is 49.0 Å². The number of rotatable bonds is 2. The molecule has 1 fully saturated rings. The van der Waals surface area contributed by atoms with Gasteiger partial charge in [0.1, 0.15) is 11.6 Å². The molecular weight excluding hydrogens is 262 g/mol. The monoisotopic (exact) mass is 279 g/mol.